The molecule has 26 heavy (non-hydrogen) atoms. The van der Waals surface area contributed by atoms with Gasteiger partial charge in [0.2, 0.25) is 11.6 Å². The summed E-state index contributed by atoms with van der Waals surface area (Å²) < 4.78 is 5.76. The zero-order valence-corrected chi connectivity index (χ0v) is 15.1. The minimum absolute atomic E-state index is 0.0263. The minimum atomic E-state index is -0.553. The molecule has 1 amide bonds. The van der Waals surface area contributed by atoms with E-state index in [0.29, 0.717) is 27.0 Å². The molecule has 0 aliphatic rings. The second-order valence-corrected chi connectivity index (χ2v) is 5.99. The van der Waals surface area contributed by atoms with Gasteiger partial charge in [-0.1, -0.05) is 34.5 Å². The van der Waals surface area contributed by atoms with Gasteiger partial charge in [0.1, 0.15) is 0 Å². The maximum atomic E-state index is 12.3. The van der Waals surface area contributed by atoms with Crippen molar-refractivity contribution in [2.24, 2.45) is 5.10 Å². The van der Waals surface area contributed by atoms with Crippen LogP contribution in [0.1, 0.15) is 28.7 Å². The summed E-state index contributed by atoms with van der Waals surface area (Å²) in [7, 11) is 0. The number of amides is 1. The van der Waals surface area contributed by atoms with Crippen LogP contribution in [0.3, 0.4) is 0 Å². The number of hydrazone groups is 1. The number of nitrogen functional groups attached to an aromatic ring is 1. The molecule has 0 aliphatic heterocycles. The highest BCUT2D eigenvalue weighted by Gasteiger charge is 2.20. The van der Waals surface area contributed by atoms with E-state index in [-0.39, 0.29) is 17.3 Å². The SMILES string of the molecule is C/C(=N/NC(=O)c1nnn(-c2nonc2N)c1C)c1ccc(Cl)c(Cl)c1. The van der Waals surface area contributed by atoms with Gasteiger partial charge in [-0.25, -0.2) is 10.1 Å². The van der Waals surface area contributed by atoms with E-state index >= 15 is 0 Å². The number of benzene rings is 1. The fourth-order valence-corrected chi connectivity index (χ4v) is 2.35. The summed E-state index contributed by atoms with van der Waals surface area (Å²) in [5, 5.41) is 19.6. The standard InChI is InChI=1S/C14H12Cl2N8O2/c1-6(8-3-4-9(15)10(16)5-8)18-20-14(25)11-7(2)24(23-19-11)13-12(17)21-26-22-13/h3-5H,1-2H3,(H2,17,21)(H,20,25)/b18-6-. The summed E-state index contributed by atoms with van der Waals surface area (Å²) in [6.07, 6.45) is 0. The fourth-order valence-electron chi connectivity index (χ4n) is 2.05. The number of aromatic nitrogens is 5. The molecule has 1 aromatic carbocycles. The molecule has 2 aromatic heterocycles. The number of nitrogens with zero attached hydrogens (tertiary/aromatic N) is 6. The number of hydrogen-bond donors (Lipinski definition) is 2. The Bertz CT molecular complexity index is 1010. The van der Waals surface area contributed by atoms with Gasteiger partial charge in [0.05, 0.1) is 21.5 Å². The molecule has 3 N–H and O–H groups in total. The first-order valence-electron chi connectivity index (χ1n) is 7.19. The second-order valence-electron chi connectivity index (χ2n) is 5.18. The molecule has 0 saturated heterocycles. The van der Waals surface area contributed by atoms with Crippen molar-refractivity contribution < 1.29 is 9.42 Å². The van der Waals surface area contributed by atoms with E-state index in [2.05, 4.69) is 35.8 Å². The van der Waals surface area contributed by atoms with Crippen molar-refractivity contribution in [2.75, 3.05) is 5.73 Å². The van der Waals surface area contributed by atoms with Crippen LogP contribution >= 0.6 is 23.2 Å². The highest BCUT2D eigenvalue weighted by Crippen LogP contribution is 2.22. The summed E-state index contributed by atoms with van der Waals surface area (Å²) in [4.78, 5) is 12.3. The number of carbonyl (C=O) groups is 1. The van der Waals surface area contributed by atoms with Crippen molar-refractivity contribution in [2.45, 2.75) is 13.8 Å². The third kappa shape index (κ3) is 3.37. The van der Waals surface area contributed by atoms with Gasteiger partial charge in [-0.05, 0) is 41.9 Å². The zero-order chi connectivity index (χ0) is 18.8. The average Bonchev–Trinajstić information content (AvgIpc) is 3.20. The number of nitrogens with two attached hydrogens (primary N) is 1. The first-order chi connectivity index (χ1) is 12.4. The number of halogens is 2. The Kier molecular flexibility index (Phi) is 4.87. The zero-order valence-electron chi connectivity index (χ0n) is 13.6. The molecular weight excluding hydrogens is 383 g/mol. The molecule has 134 valence electrons. The molecule has 0 aliphatic carbocycles. The number of hydrogen-bond acceptors (Lipinski definition) is 8. The lowest BCUT2D eigenvalue weighted by Gasteiger charge is -2.04. The van der Waals surface area contributed by atoms with Crippen LogP contribution in [-0.4, -0.2) is 36.9 Å². The molecule has 12 heteroatoms. The number of anilines is 1. The molecule has 0 radical (unpaired) electrons. The predicted octanol–water partition coefficient (Wildman–Crippen LogP) is 2.00. The Hall–Kier alpha value is -2.98. The average molecular weight is 395 g/mol. The van der Waals surface area contributed by atoms with Crippen LogP contribution in [0.15, 0.2) is 27.9 Å². The molecule has 3 aromatic rings. The summed E-state index contributed by atoms with van der Waals surface area (Å²) in [6.45, 7) is 3.34. The highest BCUT2D eigenvalue weighted by atomic mass is 35.5. The monoisotopic (exact) mass is 394 g/mol. The van der Waals surface area contributed by atoms with Crippen LogP contribution in [-0.2, 0) is 0 Å². The van der Waals surface area contributed by atoms with Gasteiger partial charge < -0.3 is 5.73 Å². The van der Waals surface area contributed by atoms with Crippen LogP contribution in [0.2, 0.25) is 10.0 Å². The number of rotatable bonds is 4. The van der Waals surface area contributed by atoms with Crippen LogP contribution in [0, 0.1) is 6.92 Å². The van der Waals surface area contributed by atoms with Crippen molar-refractivity contribution in [3.63, 3.8) is 0 Å². The fraction of sp³-hybridized carbons (Fsp3) is 0.143. The van der Waals surface area contributed by atoms with Crippen molar-refractivity contribution >= 4 is 40.6 Å². The highest BCUT2D eigenvalue weighted by molar-refractivity contribution is 6.42. The van der Waals surface area contributed by atoms with Gasteiger partial charge in [0.15, 0.2) is 5.69 Å². The van der Waals surface area contributed by atoms with E-state index < -0.39 is 5.91 Å². The first kappa shape index (κ1) is 17.8. The maximum Gasteiger partial charge on any atom is 0.293 e. The Morgan fingerprint density at radius 2 is 2.08 bits per heavy atom. The molecule has 0 unspecified atom stereocenters. The summed E-state index contributed by atoms with van der Waals surface area (Å²) >= 11 is 11.9. The van der Waals surface area contributed by atoms with E-state index in [9.17, 15) is 4.79 Å². The molecule has 0 bridgehead atoms. The van der Waals surface area contributed by atoms with Crippen LogP contribution in [0.25, 0.3) is 5.82 Å². The third-order valence-electron chi connectivity index (χ3n) is 3.47. The lowest BCUT2D eigenvalue weighted by Crippen LogP contribution is -2.21. The number of nitrogens with one attached hydrogen (secondary N) is 1. The normalized spacial score (nSPS) is 11.6. The Balaban J connectivity index is 1.79. The van der Waals surface area contributed by atoms with Crippen molar-refractivity contribution in [1.29, 1.82) is 0 Å². The predicted molar refractivity (Wildman–Crippen MR) is 94.5 cm³/mol. The lowest BCUT2D eigenvalue weighted by atomic mass is 10.1. The third-order valence-corrected chi connectivity index (χ3v) is 4.21. The van der Waals surface area contributed by atoms with E-state index in [1.165, 1.54) is 4.68 Å². The molecule has 0 spiro atoms. The quantitative estimate of drug-likeness (QED) is 0.509. The van der Waals surface area contributed by atoms with Gasteiger partial charge in [-0.15, -0.1) is 5.10 Å². The van der Waals surface area contributed by atoms with Gasteiger partial charge in [0, 0.05) is 0 Å². The van der Waals surface area contributed by atoms with E-state index in [1.54, 1.807) is 32.0 Å². The topological polar surface area (TPSA) is 137 Å². The Labute approximate surface area is 156 Å². The molecular formula is C14H12Cl2N8O2. The van der Waals surface area contributed by atoms with Crippen molar-refractivity contribution in [3.8, 4) is 5.82 Å². The molecule has 0 saturated carbocycles. The molecule has 3 rings (SSSR count). The summed E-state index contributed by atoms with van der Waals surface area (Å²) in [5.41, 5.74) is 9.72. The first-order valence-corrected chi connectivity index (χ1v) is 7.95. The summed E-state index contributed by atoms with van der Waals surface area (Å²) in [5.74, 6) is -0.383. The lowest BCUT2D eigenvalue weighted by molar-refractivity contribution is 0.0949. The number of carbonyl (C=O) groups excluding carboxylic acids is 1. The molecule has 10 nitrogen and oxygen atoms in total. The van der Waals surface area contributed by atoms with Gasteiger partial charge in [-0.2, -0.15) is 9.78 Å². The summed E-state index contributed by atoms with van der Waals surface area (Å²) in [6, 6.07) is 5.03. The minimum Gasteiger partial charge on any atom is -0.378 e. The van der Waals surface area contributed by atoms with Crippen molar-refractivity contribution in [1.82, 2.24) is 30.7 Å². The van der Waals surface area contributed by atoms with E-state index in [0.717, 1.165) is 0 Å². The Morgan fingerprint density at radius 1 is 1.31 bits per heavy atom. The van der Waals surface area contributed by atoms with Gasteiger partial charge in [-0.3, -0.25) is 4.79 Å². The largest absolute Gasteiger partial charge is 0.378 e. The van der Waals surface area contributed by atoms with Crippen molar-refractivity contribution in [3.05, 3.63) is 45.2 Å². The van der Waals surface area contributed by atoms with E-state index in [1.807, 2.05) is 0 Å². The molecule has 0 atom stereocenters. The van der Waals surface area contributed by atoms with Crippen LogP contribution in [0.5, 0.6) is 0 Å². The van der Waals surface area contributed by atoms with Gasteiger partial charge in [0.25, 0.3) is 5.91 Å². The van der Waals surface area contributed by atoms with Crippen LogP contribution in [0.4, 0.5) is 5.82 Å². The van der Waals surface area contributed by atoms with Gasteiger partial charge >= 0.3 is 0 Å². The van der Waals surface area contributed by atoms with E-state index in [4.69, 9.17) is 28.9 Å². The smallest absolute Gasteiger partial charge is 0.293 e. The maximum absolute atomic E-state index is 12.3. The molecule has 0 fully saturated rings. The Morgan fingerprint density at radius 3 is 2.73 bits per heavy atom. The molecule has 2 heterocycles. The van der Waals surface area contributed by atoms with Crippen LogP contribution < -0.4 is 11.2 Å². The second kappa shape index (κ2) is 7.10.